The van der Waals surface area contributed by atoms with Gasteiger partial charge in [0.05, 0.1) is 11.9 Å². The molecule has 0 aliphatic carbocycles. The predicted octanol–water partition coefficient (Wildman–Crippen LogP) is 2.08. The fourth-order valence-electron chi connectivity index (χ4n) is 1.82. The highest BCUT2D eigenvalue weighted by Gasteiger charge is 2.00. The number of benzene rings is 1. The number of nitrogens with one attached hydrogen (secondary N) is 1. The Kier molecular flexibility index (Phi) is 6.63. The Bertz CT molecular complexity index is 487. The van der Waals surface area contributed by atoms with Crippen LogP contribution in [-0.2, 0) is 6.54 Å². The number of hydrogen-bond acceptors (Lipinski definition) is 4. The summed E-state index contributed by atoms with van der Waals surface area (Å²) in [4.78, 5) is 0. The molecule has 0 fully saturated rings. The van der Waals surface area contributed by atoms with Gasteiger partial charge < -0.3 is 10.4 Å². The van der Waals surface area contributed by atoms with Gasteiger partial charge in [0.2, 0.25) is 0 Å². The summed E-state index contributed by atoms with van der Waals surface area (Å²) in [5.74, 6) is 2.11. The molecule has 0 spiro atoms. The van der Waals surface area contributed by atoms with Gasteiger partial charge >= 0.3 is 0 Å². The second-order valence-corrected chi connectivity index (χ2v) is 5.72. The number of nitrogens with zero attached hydrogens (tertiary/aromatic N) is 2. The van der Waals surface area contributed by atoms with E-state index in [2.05, 4.69) is 16.6 Å². The van der Waals surface area contributed by atoms with Crippen LogP contribution in [-0.4, -0.2) is 39.5 Å². The van der Waals surface area contributed by atoms with Crippen molar-refractivity contribution in [1.82, 2.24) is 15.1 Å². The fraction of sp³-hybridized carbons (Fsp3) is 0.400. The quantitative estimate of drug-likeness (QED) is 0.695. The molecule has 0 saturated carbocycles. The van der Waals surface area contributed by atoms with Gasteiger partial charge in [-0.3, -0.25) is 0 Å². The zero-order chi connectivity index (χ0) is 14.0. The van der Waals surface area contributed by atoms with Crippen molar-refractivity contribution in [2.45, 2.75) is 13.0 Å². The molecular weight excluding hydrogens is 270 g/mol. The first-order valence-electron chi connectivity index (χ1n) is 6.88. The minimum absolute atomic E-state index is 0.291. The number of rotatable bonds is 9. The first kappa shape index (κ1) is 15.1. The summed E-state index contributed by atoms with van der Waals surface area (Å²) in [6.45, 7) is 2.11. The average molecular weight is 291 g/mol. The molecule has 4 nitrogen and oxygen atoms in total. The molecular formula is C15H21N3OS. The minimum Gasteiger partial charge on any atom is -0.396 e. The standard InChI is InChI=1S/C15H21N3OS/c19-8-4-9-20-10-7-16-11-14-12-17-18(13-14)15-5-2-1-3-6-15/h1-3,5-6,12-13,16,19H,4,7-11H2. The first-order chi connectivity index (χ1) is 9.90. The van der Waals surface area contributed by atoms with Gasteiger partial charge in [0.25, 0.3) is 0 Å². The van der Waals surface area contributed by atoms with E-state index >= 15 is 0 Å². The third-order valence-corrected chi connectivity index (χ3v) is 3.93. The highest BCUT2D eigenvalue weighted by Crippen LogP contribution is 2.07. The molecule has 0 aliphatic rings. The van der Waals surface area contributed by atoms with Crippen LogP contribution in [0.4, 0.5) is 0 Å². The second kappa shape index (κ2) is 8.79. The third-order valence-electron chi connectivity index (χ3n) is 2.86. The molecule has 0 aliphatic heterocycles. The molecule has 0 amide bonds. The molecule has 0 atom stereocenters. The van der Waals surface area contributed by atoms with Crippen molar-refractivity contribution < 1.29 is 5.11 Å². The molecule has 0 radical (unpaired) electrons. The molecule has 2 rings (SSSR count). The lowest BCUT2D eigenvalue weighted by atomic mass is 10.3. The Morgan fingerprint density at radius 1 is 1.20 bits per heavy atom. The maximum absolute atomic E-state index is 8.68. The Balaban J connectivity index is 1.69. The van der Waals surface area contributed by atoms with Crippen LogP contribution in [0.1, 0.15) is 12.0 Å². The zero-order valence-electron chi connectivity index (χ0n) is 11.5. The van der Waals surface area contributed by atoms with E-state index in [1.165, 1.54) is 5.56 Å². The van der Waals surface area contributed by atoms with E-state index in [4.69, 9.17) is 5.11 Å². The van der Waals surface area contributed by atoms with Gasteiger partial charge in [-0.2, -0.15) is 16.9 Å². The molecule has 2 aromatic rings. The summed E-state index contributed by atoms with van der Waals surface area (Å²) in [6, 6.07) is 10.1. The van der Waals surface area contributed by atoms with E-state index in [0.717, 1.165) is 36.7 Å². The Hall–Kier alpha value is -1.30. The molecule has 20 heavy (non-hydrogen) atoms. The highest BCUT2D eigenvalue weighted by molar-refractivity contribution is 7.99. The number of hydrogen-bond donors (Lipinski definition) is 2. The van der Waals surface area contributed by atoms with Crippen LogP contribution < -0.4 is 5.32 Å². The summed E-state index contributed by atoms with van der Waals surface area (Å²) in [6.07, 6.45) is 4.84. The Morgan fingerprint density at radius 3 is 2.85 bits per heavy atom. The van der Waals surface area contributed by atoms with Crippen LogP contribution in [0, 0.1) is 0 Å². The maximum atomic E-state index is 8.68. The van der Waals surface area contributed by atoms with E-state index < -0.39 is 0 Å². The van der Waals surface area contributed by atoms with Crippen molar-refractivity contribution >= 4 is 11.8 Å². The molecule has 0 saturated heterocycles. The fourth-order valence-corrected chi connectivity index (χ4v) is 2.65. The SMILES string of the molecule is OCCCSCCNCc1cnn(-c2ccccc2)c1. The van der Waals surface area contributed by atoms with Gasteiger partial charge in [-0.25, -0.2) is 4.68 Å². The van der Waals surface area contributed by atoms with Crippen LogP contribution in [0.15, 0.2) is 42.7 Å². The summed E-state index contributed by atoms with van der Waals surface area (Å²) in [5.41, 5.74) is 2.27. The summed E-state index contributed by atoms with van der Waals surface area (Å²) < 4.78 is 1.90. The number of para-hydroxylation sites is 1. The number of aliphatic hydroxyl groups excluding tert-OH is 1. The lowest BCUT2D eigenvalue weighted by Gasteiger charge is -2.03. The molecule has 1 aromatic carbocycles. The Morgan fingerprint density at radius 2 is 2.05 bits per heavy atom. The monoisotopic (exact) mass is 291 g/mol. The van der Waals surface area contributed by atoms with Crippen LogP contribution >= 0.6 is 11.8 Å². The van der Waals surface area contributed by atoms with Crippen molar-refractivity contribution in [1.29, 1.82) is 0 Å². The number of aliphatic hydroxyl groups is 1. The average Bonchev–Trinajstić information content (AvgIpc) is 2.96. The predicted molar refractivity (Wildman–Crippen MR) is 84.3 cm³/mol. The van der Waals surface area contributed by atoms with Crippen molar-refractivity contribution in [2.75, 3.05) is 24.7 Å². The topological polar surface area (TPSA) is 50.1 Å². The van der Waals surface area contributed by atoms with Crippen molar-refractivity contribution in [3.05, 3.63) is 48.3 Å². The smallest absolute Gasteiger partial charge is 0.0645 e. The maximum Gasteiger partial charge on any atom is 0.0645 e. The van der Waals surface area contributed by atoms with Gasteiger partial charge in [0, 0.05) is 37.2 Å². The first-order valence-corrected chi connectivity index (χ1v) is 8.04. The van der Waals surface area contributed by atoms with E-state index in [0.29, 0.717) is 6.61 Å². The highest BCUT2D eigenvalue weighted by atomic mass is 32.2. The van der Waals surface area contributed by atoms with E-state index in [9.17, 15) is 0 Å². The summed E-state index contributed by atoms with van der Waals surface area (Å²) in [7, 11) is 0. The van der Waals surface area contributed by atoms with Gasteiger partial charge in [0.15, 0.2) is 0 Å². The van der Waals surface area contributed by atoms with Crippen molar-refractivity contribution in [3.63, 3.8) is 0 Å². The summed E-state index contributed by atoms with van der Waals surface area (Å²) >= 11 is 1.87. The van der Waals surface area contributed by atoms with Gasteiger partial charge in [-0.1, -0.05) is 18.2 Å². The normalized spacial score (nSPS) is 10.8. The number of aromatic nitrogens is 2. The molecule has 108 valence electrons. The molecule has 1 heterocycles. The summed E-state index contributed by atoms with van der Waals surface area (Å²) in [5, 5.41) is 16.5. The molecule has 5 heteroatoms. The lowest BCUT2D eigenvalue weighted by Crippen LogP contribution is -2.16. The van der Waals surface area contributed by atoms with Crippen molar-refractivity contribution in [2.24, 2.45) is 0 Å². The minimum atomic E-state index is 0.291. The second-order valence-electron chi connectivity index (χ2n) is 4.50. The van der Waals surface area contributed by atoms with E-state index in [1.807, 2.05) is 53.0 Å². The van der Waals surface area contributed by atoms with Crippen molar-refractivity contribution in [3.8, 4) is 5.69 Å². The molecule has 0 unspecified atom stereocenters. The lowest BCUT2D eigenvalue weighted by molar-refractivity contribution is 0.296. The van der Waals surface area contributed by atoms with Gasteiger partial charge in [0.1, 0.15) is 0 Å². The van der Waals surface area contributed by atoms with Gasteiger partial charge in [-0.15, -0.1) is 0 Å². The van der Waals surface area contributed by atoms with Crippen LogP contribution in [0.25, 0.3) is 5.69 Å². The van der Waals surface area contributed by atoms with E-state index in [-0.39, 0.29) is 0 Å². The van der Waals surface area contributed by atoms with Gasteiger partial charge in [-0.05, 0) is 24.3 Å². The largest absolute Gasteiger partial charge is 0.396 e. The molecule has 0 bridgehead atoms. The van der Waals surface area contributed by atoms with Crippen LogP contribution in [0.5, 0.6) is 0 Å². The Labute approximate surface area is 124 Å². The molecule has 1 aromatic heterocycles. The van der Waals surface area contributed by atoms with Crippen LogP contribution in [0.2, 0.25) is 0 Å². The van der Waals surface area contributed by atoms with Crippen LogP contribution in [0.3, 0.4) is 0 Å². The number of thioether (sulfide) groups is 1. The zero-order valence-corrected chi connectivity index (χ0v) is 12.4. The molecule has 2 N–H and O–H groups in total. The van der Waals surface area contributed by atoms with E-state index in [1.54, 1.807) is 0 Å². The third kappa shape index (κ3) is 5.00.